The highest BCUT2D eigenvalue weighted by atomic mass is 19.2. The summed E-state index contributed by atoms with van der Waals surface area (Å²) in [6.45, 7) is 0.00708. The van der Waals surface area contributed by atoms with Gasteiger partial charge in [-0.05, 0) is 34.7 Å². The van der Waals surface area contributed by atoms with Gasteiger partial charge >= 0.3 is 6.09 Å². The smallest absolute Gasteiger partial charge is 0.407 e. The molecule has 1 amide bonds. The number of hydrogen-bond donors (Lipinski definition) is 3. The summed E-state index contributed by atoms with van der Waals surface area (Å²) >= 11 is 0. The van der Waals surface area contributed by atoms with Crippen molar-refractivity contribution in [3.8, 4) is 11.1 Å². The first-order valence-electron chi connectivity index (χ1n) is 10.5. The summed E-state index contributed by atoms with van der Waals surface area (Å²) in [5.74, 6) is -4.09. The number of hydrogen-bond acceptors (Lipinski definition) is 4. The molecule has 0 aromatic heterocycles. The number of amides is 1. The van der Waals surface area contributed by atoms with Crippen LogP contribution in [0.3, 0.4) is 0 Å². The fraction of sp³-hybridized carbons (Fsp3) is 0.240. The number of rotatable bonds is 7. The number of carbonyl (C=O) groups excluding carboxylic acids is 1. The van der Waals surface area contributed by atoms with Crippen LogP contribution in [0.2, 0.25) is 0 Å². The van der Waals surface area contributed by atoms with Gasteiger partial charge in [-0.2, -0.15) is 0 Å². The van der Waals surface area contributed by atoms with Crippen molar-refractivity contribution < 1.29 is 32.9 Å². The zero-order valence-corrected chi connectivity index (χ0v) is 17.5. The molecule has 0 radical (unpaired) electrons. The zero-order valence-electron chi connectivity index (χ0n) is 17.5. The Labute approximate surface area is 188 Å². The van der Waals surface area contributed by atoms with Gasteiger partial charge in [0, 0.05) is 24.1 Å². The van der Waals surface area contributed by atoms with Gasteiger partial charge in [-0.15, -0.1) is 0 Å². The van der Waals surface area contributed by atoms with E-state index in [0.717, 1.165) is 22.3 Å². The molecule has 2 unspecified atom stereocenters. The number of ether oxygens (including phenoxy) is 1. The fourth-order valence-electron chi connectivity index (χ4n) is 4.13. The second kappa shape index (κ2) is 9.64. The fourth-order valence-corrected chi connectivity index (χ4v) is 4.13. The van der Waals surface area contributed by atoms with Crippen LogP contribution in [0.25, 0.3) is 11.1 Å². The Morgan fingerprint density at radius 2 is 1.58 bits per heavy atom. The number of aliphatic hydroxyl groups is 2. The molecule has 3 N–H and O–H groups in total. The molecule has 0 heterocycles. The van der Waals surface area contributed by atoms with Crippen molar-refractivity contribution in [1.29, 1.82) is 0 Å². The van der Waals surface area contributed by atoms with Gasteiger partial charge in [-0.1, -0.05) is 48.5 Å². The van der Waals surface area contributed by atoms with Gasteiger partial charge in [0.1, 0.15) is 18.5 Å². The lowest BCUT2D eigenvalue weighted by Gasteiger charge is -2.19. The molecule has 3 aromatic rings. The second-order valence-corrected chi connectivity index (χ2v) is 7.84. The van der Waals surface area contributed by atoms with Gasteiger partial charge in [0.25, 0.3) is 0 Å². The summed E-state index contributed by atoms with van der Waals surface area (Å²) < 4.78 is 45.8. The third-order valence-electron chi connectivity index (χ3n) is 5.76. The number of fused-ring (bicyclic) bond motifs is 3. The Bertz CT molecular complexity index is 1120. The van der Waals surface area contributed by atoms with Crippen molar-refractivity contribution >= 4 is 6.09 Å². The van der Waals surface area contributed by atoms with E-state index >= 15 is 0 Å². The number of aliphatic hydroxyl groups excluding tert-OH is 2. The Morgan fingerprint density at radius 3 is 2.21 bits per heavy atom. The lowest BCUT2D eigenvalue weighted by molar-refractivity contribution is 0.0111. The quantitative estimate of drug-likeness (QED) is 0.459. The second-order valence-electron chi connectivity index (χ2n) is 7.84. The molecule has 1 aliphatic rings. The van der Waals surface area contributed by atoms with E-state index in [1.54, 1.807) is 0 Å². The first-order chi connectivity index (χ1) is 15.9. The largest absolute Gasteiger partial charge is 0.449 e. The SMILES string of the molecule is O=C(NCCC(O)C(O)c1cc(F)cc(F)c1F)OCC1c2ccccc2-c2ccccc21. The van der Waals surface area contributed by atoms with E-state index in [0.29, 0.717) is 12.1 Å². The van der Waals surface area contributed by atoms with Gasteiger partial charge in [-0.25, -0.2) is 18.0 Å². The molecular weight excluding hydrogens is 435 g/mol. The van der Waals surface area contributed by atoms with E-state index in [4.69, 9.17) is 4.74 Å². The van der Waals surface area contributed by atoms with Crippen LogP contribution in [0.4, 0.5) is 18.0 Å². The maximum absolute atomic E-state index is 13.8. The standard InChI is InChI=1S/C25H22F3NO4/c26-14-11-19(23(28)21(27)12-14)24(31)22(30)9-10-29-25(32)33-13-20-17-7-3-1-5-15(17)16-6-2-4-8-18(16)20/h1-8,11-12,20,22,24,30-31H,9-10,13H2,(H,29,32). The van der Waals surface area contributed by atoms with E-state index in [1.807, 2.05) is 48.5 Å². The zero-order chi connectivity index (χ0) is 23.5. The van der Waals surface area contributed by atoms with Crippen molar-refractivity contribution in [2.45, 2.75) is 24.5 Å². The summed E-state index contributed by atoms with van der Waals surface area (Å²) in [4.78, 5) is 12.2. The van der Waals surface area contributed by atoms with Gasteiger partial charge in [-0.3, -0.25) is 0 Å². The summed E-state index contributed by atoms with van der Waals surface area (Å²) in [7, 11) is 0. The van der Waals surface area contributed by atoms with Crippen molar-refractivity contribution in [2.75, 3.05) is 13.2 Å². The van der Waals surface area contributed by atoms with Crippen molar-refractivity contribution in [3.05, 3.63) is 94.8 Å². The minimum absolute atomic E-state index is 0.103. The lowest BCUT2D eigenvalue weighted by atomic mass is 9.98. The maximum atomic E-state index is 13.8. The van der Waals surface area contributed by atoms with Crippen LogP contribution in [0.1, 0.15) is 35.1 Å². The average molecular weight is 457 g/mol. The topological polar surface area (TPSA) is 78.8 Å². The summed E-state index contributed by atoms with van der Waals surface area (Å²) in [5, 5.41) is 22.6. The predicted octanol–water partition coefficient (Wildman–Crippen LogP) is 4.43. The average Bonchev–Trinajstić information content (AvgIpc) is 3.13. The Balaban J connectivity index is 1.30. The Hall–Kier alpha value is -3.36. The third kappa shape index (κ3) is 4.72. The van der Waals surface area contributed by atoms with Crippen LogP contribution in [0.15, 0.2) is 60.7 Å². The van der Waals surface area contributed by atoms with E-state index in [9.17, 15) is 28.2 Å². The number of halogens is 3. The van der Waals surface area contributed by atoms with E-state index in [1.165, 1.54) is 0 Å². The van der Waals surface area contributed by atoms with E-state index < -0.39 is 41.3 Å². The molecule has 0 saturated carbocycles. The molecule has 3 aromatic carbocycles. The monoisotopic (exact) mass is 457 g/mol. The molecule has 0 spiro atoms. The third-order valence-corrected chi connectivity index (χ3v) is 5.76. The molecule has 4 rings (SSSR count). The summed E-state index contributed by atoms with van der Waals surface area (Å²) in [6, 6.07) is 16.8. The molecule has 0 saturated heterocycles. The van der Waals surface area contributed by atoms with Crippen LogP contribution >= 0.6 is 0 Å². The number of benzene rings is 3. The van der Waals surface area contributed by atoms with Crippen LogP contribution < -0.4 is 5.32 Å². The molecule has 172 valence electrons. The predicted molar refractivity (Wildman–Crippen MR) is 115 cm³/mol. The minimum Gasteiger partial charge on any atom is -0.449 e. The molecule has 33 heavy (non-hydrogen) atoms. The number of nitrogens with one attached hydrogen (secondary N) is 1. The molecule has 1 aliphatic carbocycles. The van der Waals surface area contributed by atoms with Crippen LogP contribution in [0, 0.1) is 17.5 Å². The maximum Gasteiger partial charge on any atom is 0.407 e. The van der Waals surface area contributed by atoms with Crippen molar-refractivity contribution in [3.63, 3.8) is 0 Å². The van der Waals surface area contributed by atoms with E-state index in [-0.39, 0.29) is 25.5 Å². The summed E-state index contributed by atoms with van der Waals surface area (Å²) in [5.41, 5.74) is 3.63. The molecule has 8 heteroatoms. The van der Waals surface area contributed by atoms with Crippen LogP contribution in [-0.2, 0) is 4.74 Å². The number of alkyl carbamates (subject to hydrolysis) is 1. The molecule has 0 bridgehead atoms. The first-order valence-corrected chi connectivity index (χ1v) is 10.5. The molecule has 0 fully saturated rings. The Kier molecular flexibility index (Phi) is 6.67. The molecule has 0 aliphatic heterocycles. The van der Waals surface area contributed by atoms with Gasteiger partial charge in [0.05, 0.1) is 6.10 Å². The first kappa shape index (κ1) is 22.8. The lowest BCUT2D eigenvalue weighted by Crippen LogP contribution is -2.31. The minimum atomic E-state index is -1.86. The highest BCUT2D eigenvalue weighted by Gasteiger charge is 2.29. The van der Waals surface area contributed by atoms with Crippen molar-refractivity contribution in [2.24, 2.45) is 0 Å². The van der Waals surface area contributed by atoms with Gasteiger partial charge in [0.15, 0.2) is 11.6 Å². The van der Waals surface area contributed by atoms with Crippen LogP contribution in [-0.4, -0.2) is 35.6 Å². The van der Waals surface area contributed by atoms with Crippen molar-refractivity contribution in [1.82, 2.24) is 5.32 Å². The van der Waals surface area contributed by atoms with Gasteiger partial charge < -0.3 is 20.3 Å². The van der Waals surface area contributed by atoms with Gasteiger partial charge in [0.2, 0.25) is 0 Å². The van der Waals surface area contributed by atoms with E-state index in [2.05, 4.69) is 5.32 Å². The highest BCUT2D eigenvalue weighted by molar-refractivity contribution is 5.79. The normalized spacial score (nSPS) is 14.3. The van der Waals surface area contributed by atoms with Crippen LogP contribution in [0.5, 0.6) is 0 Å². The molecule has 2 atom stereocenters. The Morgan fingerprint density at radius 1 is 0.970 bits per heavy atom. The highest BCUT2D eigenvalue weighted by Crippen LogP contribution is 2.44. The molecular formula is C25H22F3NO4. The summed E-state index contributed by atoms with van der Waals surface area (Å²) in [6.07, 6.45) is -4.33. The molecule has 5 nitrogen and oxygen atoms in total. The number of carbonyl (C=O) groups is 1.